The van der Waals surface area contributed by atoms with Crippen LogP contribution in [0.4, 0.5) is 17.7 Å². The Kier molecular flexibility index (Phi) is 5.86. The molecule has 8 heteroatoms. The first-order valence-electron chi connectivity index (χ1n) is 7.91. The molecule has 2 aromatic heterocycles. The van der Waals surface area contributed by atoms with E-state index in [2.05, 4.69) is 42.8 Å². The van der Waals surface area contributed by atoms with Gasteiger partial charge in [0.2, 0.25) is 11.9 Å². The Morgan fingerprint density at radius 1 is 1.00 bits per heavy atom. The van der Waals surface area contributed by atoms with E-state index in [-0.39, 0.29) is 12.5 Å². The molecule has 0 fully saturated rings. The van der Waals surface area contributed by atoms with Crippen LogP contribution in [0.3, 0.4) is 0 Å². The van der Waals surface area contributed by atoms with Gasteiger partial charge in [0, 0.05) is 27.2 Å². The molecule has 0 aromatic carbocycles. The molecule has 126 valence electrons. The zero-order chi connectivity index (χ0) is 16.8. The zero-order valence-corrected chi connectivity index (χ0v) is 14.1. The molecule has 0 spiro atoms. The third-order valence-corrected chi connectivity index (χ3v) is 3.46. The summed E-state index contributed by atoms with van der Waals surface area (Å²) in [4.78, 5) is 18.0. The smallest absolute Gasteiger partial charge is 0.225 e. The van der Waals surface area contributed by atoms with E-state index in [4.69, 9.17) is 0 Å². The van der Waals surface area contributed by atoms with Crippen molar-refractivity contribution < 1.29 is 5.11 Å². The van der Waals surface area contributed by atoms with Crippen LogP contribution in [0.5, 0.6) is 0 Å². The Labute approximate surface area is 136 Å². The number of fused-ring (bicyclic) bond motifs is 1. The van der Waals surface area contributed by atoms with Crippen molar-refractivity contribution >= 4 is 28.7 Å². The number of hydrogen-bond acceptors (Lipinski definition) is 8. The quantitative estimate of drug-likeness (QED) is 0.580. The molecule has 2 heterocycles. The maximum absolute atomic E-state index is 9.35. The molecule has 0 bridgehead atoms. The lowest BCUT2D eigenvalue weighted by atomic mass is 10.1. The number of aromatic nitrogens is 4. The number of aliphatic hydroxyl groups is 1. The molecule has 8 nitrogen and oxygen atoms in total. The molecular weight excluding hydrogens is 294 g/mol. The van der Waals surface area contributed by atoms with Gasteiger partial charge in [0.05, 0.1) is 5.69 Å². The van der Waals surface area contributed by atoms with Crippen LogP contribution in [0.25, 0.3) is 11.0 Å². The lowest BCUT2D eigenvalue weighted by Crippen LogP contribution is -2.13. The molecule has 2 aromatic rings. The molecule has 0 radical (unpaired) electrons. The number of nitrogens with one attached hydrogen (secondary N) is 3. The summed E-state index contributed by atoms with van der Waals surface area (Å²) in [5.74, 6) is 1.84. The predicted octanol–water partition coefficient (Wildman–Crippen LogP) is 1.50. The van der Waals surface area contributed by atoms with Gasteiger partial charge in [-0.05, 0) is 18.8 Å². The molecule has 0 saturated heterocycles. The summed E-state index contributed by atoms with van der Waals surface area (Å²) in [6.07, 6.45) is 1.61. The fourth-order valence-electron chi connectivity index (χ4n) is 2.20. The van der Waals surface area contributed by atoms with Crippen molar-refractivity contribution in [3.8, 4) is 0 Å². The molecular formula is C15H25N7O. The maximum atomic E-state index is 9.35. The molecule has 0 aliphatic heterocycles. The Morgan fingerprint density at radius 2 is 1.65 bits per heavy atom. The lowest BCUT2D eigenvalue weighted by molar-refractivity contribution is 0.236. The predicted molar refractivity (Wildman–Crippen MR) is 93.0 cm³/mol. The van der Waals surface area contributed by atoms with E-state index < -0.39 is 0 Å². The molecule has 0 amide bonds. The highest BCUT2D eigenvalue weighted by molar-refractivity contribution is 5.88. The second kappa shape index (κ2) is 7.87. The van der Waals surface area contributed by atoms with Gasteiger partial charge < -0.3 is 21.1 Å². The van der Waals surface area contributed by atoms with Crippen LogP contribution in [0.15, 0.2) is 0 Å². The normalized spacial score (nSPS) is 12.2. The van der Waals surface area contributed by atoms with Crippen LogP contribution in [0, 0.1) is 5.92 Å². The number of rotatable bonds is 8. The van der Waals surface area contributed by atoms with Crippen LogP contribution in [-0.2, 0) is 6.42 Å². The maximum Gasteiger partial charge on any atom is 0.225 e. The van der Waals surface area contributed by atoms with E-state index in [0.717, 1.165) is 18.7 Å². The monoisotopic (exact) mass is 319 g/mol. The van der Waals surface area contributed by atoms with Crippen LogP contribution in [0.2, 0.25) is 0 Å². The van der Waals surface area contributed by atoms with E-state index in [1.165, 1.54) is 0 Å². The first-order valence-corrected chi connectivity index (χ1v) is 7.91. The minimum Gasteiger partial charge on any atom is -0.396 e. The fraction of sp³-hybridized carbons (Fsp3) is 0.600. The molecule has 0 aliphatic carbocycles. The van der Waals surface area contributed by atoms with Gasteiger partial charge in [-0.2, -0.15) is 4.98 Å². The molecule has 4 N–H and O–H groups in total. The molecule has 2 rings (SSSR count). The van der Waals surface area contributed by atoms with Gasteiger partial charge in [0.1, 0.15) is 11.0 Å². The van der Waals surface area contributed by atoms with Gasteiger partial charge in [-0.25, -0.2) is 15.0 Å². The average Bonchev–Trinajstić information content (AvgIpc) is 2.59. The van der Waals surface area contributed by atoms with Gasteiger partial charge in [-0.15, -0.1) is 0 Å². The Hall–Kier alpha value is -2.22. The van der Waals surface area contributed by atoms with Crippen LogP contribution in [-0.4, -0.2) is 52.3 Å². The summed E-state index contributed by atoms with van der Waals surface area (Å²) in [5.41, 5.74) is 2.21. The van der Waals surface area contributed by atoms with Crippen molar-refractivity contribution in [3.05, 3.63) is 5.69 Å². The summed E-state index contributed by atoms with van der Waals surface area (Å²) in [6, 6.07) is 0. The number of aliphatic hydroxyl groups excluding tert-OH is 1. The van der Waals surface area contributed by atoms with E-state index in [1.807, 2.05) is 6.92 Å². The lowest BCUT2D eigenvalue weighted by Gasteiger charge is -2.14. The first-order chi connectivity index (χ1) is 11.1. The summed E-state index contributed by atoms with van der Waals surface area (Å²) in [7, 11) is 3.56. The van der Waals surface area contributed by atoms with Crippen molar-refractivity contribution in [3.63, 3.8) is 0 Å². The van der Waals surface area contributed by atoms with E-state index in [1.54, 1.807) is 14.1 Å². The topological polar surface area (TPSA) is 108 Å². The zero-order valence-electron chi connectivity index (χ0n) is 14.1. The van der Waals surface area contributed by atoms with Crippen molar-refractivity contribution in [1.82, 2.24) is 19.9 Å². The standard InChI is InChI=1S/C15H25N7O/c1-5-6-18-13-12-11(20-15(17-4)22-13)10(7-9(2)8-23)19-14(16-3)21-12/h9,23H,5-8H2,1-4H3,(H,16,19,21)(H2,17,18,20,22)/t9-/m0/s1. The molecule has 23 heavy (non-hydrogen) atoms. The molecule has 1 atom stereocenters. The SMILES string of the molecule is CCCNc1nc(NC)nc2c(C[C@H](C)CO)nc(NC)nc12. The Morgan fingerprint density at radius 3 is 2.26 bits per heavy atom. The summed E-state index contributed by atoms with van der Waals surface area (Å²) >= 11 is 0. The second-order valence-electron chi connectivity index (χ2n) is 5.51. The summed E-state index contributed by atoms with van der Waals surface area (Å²) < 4.78 is 0. The van der Waals surface area contributed by atoms with Crippen LogP contribution >= 0.6 is 0 Å². The van der Waals surface area contributed by atoms with Crippen molar-refractivity contribution in [2.24, 2.45) is 5.92 Å². The van der Waals surface area contributed by atoms with Crippen LogP contribution in [0.1, 0.15) is 26.0 Å². The Balaban J connectivity index is 2.63. The van der Waals surface area contributed by atoms with Gasteiger partial charge in [0.25, 0.3) is 0 Å². The molecule has 0 saturated carbocycles. The third kappa shape index (κ3) is 3.95. The van der Waals surface area contributed by atoms with Gasteiger partial charge in [0.15, 0.2) is 5.82 Å². The highest BCUT2D eigenvalue weighted by Crippen LogP contribution is 2.25. The van der Waals surface area contributed by atoms with E-state index >= 15 is 0 Å². The highest BCUT2D eigenvalue weighted by atomic mass is 16.3. The van der Waals surface area contributed by atoms with Crippen molar-refractivity contribution in [1.29, 1.82) is 0 Å². The third-order valence-electron chi connectivity index (χ3n) is 3.46. The molecule has 0 aliphatic rings. The highest BCUT2D eigenvalue weighted by Gasteiger charge is 2.16. The number of hydrogen-bond donors (Lipinski definition) is 4. The second-order valence-corrected chi connectivity index (χ2v) is 5.51. The van der Waals surface area contributed by atoms with Crippen molar-refractivity contribution in [2.75, 3.05) is 43.2 Å². The van der Waals surface area contributed by atoms with Gasteiger partial charge in [-0.3, -0.25) is 0 Å². The van der Waals surface area contributed by atoms with E-state index in [0.29, 0.717) is 35.2 Å². The van der Waals surface area contributed by atoms with Gasteiger partial charge >= 0.3 is 0 Å². The van der Waals surface area contributed by atoms with Gasteiger partial charge in [-0.1, -0.05) is 13.8 Å². The Bertz CT molecular complexity index is 662. The van der Waals surface area contributed by atoms with Crippen molar-refractivity contribution in [2.45, 2.75) is 26.7 Å². The summed E-state index contributed by atoms with van der Waals surface area (Å²) in [6.45, 7) is 4.98. The summed E-state index contributed by atoms with van der Waals surface area (Å²) in [5, 5.41) is 18.6. The largest absolute Gasteiger partial charge is 0.396 e. The average molecular weight is 319 g/mol. The minimum atomic E-state index is 0.0952. The number of anilines is 3. The van der Waals surface area contributed by atoms with E-state index in [9.17, 15) is 5.11 Å². The molecule has 0 unspecified atom stereocenters. The minimum absolute atomic E-state index is 0.0952. The van der Waals surface area contributed by atoms with Crippen LogP contribution < -0.4 is 16.0 Å². The number of nitrogens with zero attached hydrogens (tertiary/aromatic N) is 4. The fourth-order valence-corrected chi connectivity index (χ4v) is 2.20. The first kappa shape index (κ1) is 17.1.